The molecule has 0 spiro atoms. The minimum Gasteiger partial charge on any atom is -0.333 e. The molecule has 0 fully saturated rings. The van der Waals surface area contributed by atoms with Gasteiger partial charge in [0.2, 0.25) is 11.8 Å². The highest BCUT2D eigenvalue weighted by molar-refractivity contribution is 7.10. The predicted octanol–water partition coefficient (Wildman–Crippen LogP) is 5.85. The van der Waals surface area contributed by atoms with Gasteiger partial charge in [0.25, 0.3) is 0 Å². The van der Waals surface area contributed by atoms with Crippen molar-refractivity contribution in [3.63, 3.8) is 0 Å². The van der Waals surface area contributed by atoms with Gasteiger partial charge in [0.1, 0.15) is 0 Å². The number of rotatable bonds is 12. The molecule has 2 amide bonds. The Morgan fingerprint density at radius 2 is 1.48 bits per heavy atom. The minimum absolute atomic E-state index is 0.00387. The fourth-order valence-corrected chi connectivity index (χ4v) is 4.65. The molecule has 3 aromatic rings. The average molecular weight is 463 g/mol. The van der Waals surface area contributed by atoms with Crippen LogP contribution in [0.25, 0.3) is 0 Å². The van der Waals surface area contributed by atoms with Crippen LogP contribution in [0.5, 0.6) is 0 Å². The summed E-state index contributed by atoms with van der Waals surface area (Å²) < 4.78 is 0. The van der Waals surface area contributed by atoms with E-state index in [2.05, 4.69) is 25.3 Å². The van der Waals surface area contributed by atoms with Gasteiger partial charge in [-0.2, -0.15) is 0 Å². The van der Waals surface area contributed by atoms with Crippen LogP contribution in [0.1, 0.15) is 47.8 Å². The Morgan fingerprint density at radius 3 is 2.09 bits per heavy atom. The monoisotopic (exact) mass is 462 g/mol. The lowest BCUT2D eigenvalue weighted by molar-refractivity contribution is -0.141. The summed E-state index contributed by atoms with van der Waals surface area (Å²) in [6.07, 6.45) is 2.99. The van der Waals surface area contributed by atoms with Crippen LogP contribution in [-0.2, 0) is 29.1 Å². The fourth-order valence-electron chi connectivity index (χ4n) is 3.73. The molecule has 0 saturated carbocycles. The number of benzene rings is 2. The third kappa shape index (κ3) is 7.86. The Bertz CT molecular complexity index is 1000. The topological polar surface area (TPSA) is 40.6 Å². The van der Waals surface area contributed by atoms with Gasteiger partial charge in [0, 0.05) is 24.4 Å². The summed E-state index contributed by atoms with van der Waals surface area (Å²) in [5, 5.41) is 2.07. The zero-order valence-electron chi connectivity index (χ0n) is 19.7. The molecular formula is C28H34N2O2S. The van der Waals surface area contributed by atoms with Crippen molar-refractivity contribution in [1.29, 1.82) is 0 Å². The van der Waals surface area contributed by atoms with Gasteiger partial charge in [0.05, 0.1) is 13.1 Å². The van der Waals surface area contributed by atoms with Crippen molar-refractivity contribution in [3.8, 4) is 0 Å². The third-order valence-corrected chi connectivity index (χ3v) is 6.81. The second-order valence-corrected chi connectivity index (χ2v) is 9.42. The maximum absolute atomic E-state index is 13.5. The van der Waals surface area contributed by atoms with Crippen molar-refractivity contribution in [2.75, 3.05) is 13.1 Å². The highest BCUT2D eigenvalue weighted by atomic mass is 32.1. The molecular weight excluding hydrogens is 428 g/mol. The van der Waals surface area contributed by atoms with Crippen molar-refractivity contribution in [3.05, 3.63) is 93.7 Å². The standard InChI is InChI=1S/C28H34N2O2S/c1-3-4-18-29(27(31)16-15-24-11-7-5-8-12-24)22-28(32)30(20-25-13-9-6-10-14-25)21-26-23(2)17-19-33-26/h5-14,17,19H,3-4,15-16,18,20-22H2,1-2H3. The van der Waals surface area contributed by atoms with Crippen LogP contribution in [-0.4, -0.2) is 34.7 Å². The van der Waals surface area contributed by atoms with Crippen LogP contribution < -0.4 is 0 Å². The number of aryl methyl sites for hydroxylation is 2. The first-order chi connectivity index (χ1) is 16.1. The van der Waals surface area contributed by atoms with E-state index in [0.717, 1.165) is 24.0 Å². The van der Waals surface area contributed by atoms with Crippen molar-refractivity contribution < 1.29 is 9.59 Å². The van der Waals surface area contributed by atoms with Crippen LogP contribution in [0.2, 0.25) is 0 Å². The lowest BCUT2D eigenvalue weighted by atomic mass is 10.1. The Morgan fingerprint density at radius 1 is 0.818 bits per heavy atom. The molecule has 1 aromatic heterocycles. The van der Waals surface area contributed by atoms with E-state index in [1.807, 2.05) is 65.6 Å². The van der Waals surface area contributed by atoms with Gasteiger partial charge < -0.3 is 9.80 Å². The van der Waals surface area contributed by atoms with Crippen molar-refractivity contribution in [2.45, 2.75) is 52.6 Å². The Labute approximate surface area is 201 Å². The van der Waals surface area contributed by atoms with E-state index in [4.69, 9.17) is 0 Å². The average Bonchev–Trinajstić information content (AvgIpc) is 3.25. The molecule has 0 aliphatic rings. The van der Waals surface area contributed by atoms with E-state index in [9.17, 15) is 9.59 Å². The number of nitrogens with zero attached hydrogens (tertiary/aromatic N) is 2. The van der Waals surface area contributed by atoms with Gasteiger partial charge in [-0.3, -0.25) is 9.59 Å². The van der Waals surface area contributed by atoms with Crippen LogP contribution in [0, 0.1) is 6.92 Å². The molecule has 0 aliphatic carbocycles. The number of carbonyl (C=O) groups is 2. The number of hydrogen-bond acceptors (Lipinski definition) is 3. The zero-order valence-corrected chi connectivity index (χ0v) is 20.5. The van der Waals surface area contributed by atoms with Crippen LogP contribution >= 0.6 is 11.3 Å². The van der Waals surface area contributed by atoms with Gasteiger partial charge in [-0.25, -0.2) is 0 Å². The van der Waals surface area contributed by atoms with E-state index in [1.165, 1.54) is 10.4 Å². The van der Waals surface area contributed by atoms with E-state index < -0.39 is 0 Å². The summed E-state index contributed by atoms with van der Waals surface area (Å²) in [6.45, 7) is 6.04. The first-order valence-corrected chi connectivity index (χ1v) is 12.6. The van der Waals surface area contributed by atoms with Crippen molar-refractivity contribution in [2.24, 2.45) is 0 Å². The first kappa shape index (κ1) is 24.7. The summed E-state index contributed by atoms with van der Waals surface area (Å²) in [5.41, 5.74) is 3.44. The van der Waals surface area contributed by atoms with Gasteiger partial charge in [-0.1, -0.05) is 74.0 Å². The maximum atomic E-state index is 13.5. The summed E-state index contributed by atoms with van der Waals surface area (Å²) in [5.74, 6) is 0.0448. The zero-order chi connectivity index (χ0) is 23.5. The molecule has 0 N–H and O–H groups in total. The lowest BCUT2D eigenvalue weighted by Crippen LogP contribution is -2.43. The predicted molar refractivity (Wildman–Crippen MR) is 136 cm³/mol. The van der Waals surface area contributed by atoms with Crippen molar-refractivity contribution >= 4 is 23.2 Å². The van der Waals surface area contributed by atoms with E-state index in [-0.39, 0.29) is 18.4 Å². The molecule has 0 aliphatic heterocycles. The van der Waals surface area contributed by atoms with Gasteiger partial charge in [0.15, 0.2) is 0 Å². The van der Waals surface area contributed by atoms with E-state index in [1.54, 1.807) is 16.2 Å². The van der Waals surface area contributed by atoms with Crippen LogP contribution in [0.4, 0.5) is 0 Å². The van der Waals surface area contributed by atoms with Crippen LogP contribution in [0.3, 0.4) is 0 Å². The Hall–Kier alpha value is -2.92. The van der Waals surface area contributed by atoms with Gasteiger partial charge >= 0.3 is 0 Å². The van der Waals surface area contributed by atoms with Crippen LogP contribution in [0.15, 0.2) is 72.1 Å². The largest absolute Gasteiger partial charge is 0.333 e. The number of amides is 2. The van der Waals surface area contributed by atoms with Gasteiger partial charge in [-0.15, -0.1) is 11.3 Å². The quantitative estimate of drug-likeness (QED) is 0.339. The van der Waals surface area contributed by atoms with E-state index in [0.29, 0.717) is 32.5 Å². The first-order valence-electron chi connectivity index (χ1n) is 11.7. The lowest BCUT2D eigenvalue weighted by Gasteiger charge is -2.28. The number of carbonyl (C=O) groups excluding carboxylic acids is 2. The molecule has 0 saturated heterocycles. The van der Waals surface area contributed by atoms with Crippen molar-refractivity contribution in [1.82, 2.24) is 9.80 Å². The molecule has 0 atom stereocenters. The molecule has 2 aromatic carbocycles. The summed E-state index contributed by atoms with van der Waals surface area (Å²) in [4.78, 5) is 31.4. The molecule has 33 heavy (non-hydrogen) atoms. The second kappa shape index (κ2) is 12.9. The molecule has 0 radical (unpaired) electrons. The molecule has 0 bridgehead atoms. The molecule has 3 rings (SSSR count). The van der Waals surface area contributed by atoms with E-state index >= 15 is 0 Å². The summed E-state index contributed by atoms with van der Waals surface area (Å²) >= 11 is 1.68. The molecule has 174 valence electrons. The third-order valence-electron chi connectivity index (χ3n) is 5.80. The number of thiophene rings is 1. The number of hydrogen-bond donors (Lipinski definition) is 0. The molecule has 5 heteroatoms. The molecule has 0 unspecified atom stereocenters. The Kier molecular flexibility index (Phi) is 9.70. The van der Waals surface area contributed by atoms with Gasteiger partial charge in [-0.05, 0) is 47.9 Å². The smallest absolute Gasteiger partial charge is 0.242 e. The number of unbranched alkanes of at least 4 members (excludes halogenated alkanes) is 1. The summed E-state index contributed by atoms with van der Waals surface area (Å²) in [7, 11) is 0. The maximum Gasteiger partial charge on any atom is 0.242 e. The Balaban J connectivity index is 1.70. The second-order valence-electron chi connectivity index (χ2n) is 8.42. The minimum atomic E-state index is -0.00387. The highest BCUT2D eigenvalue weighted by Gasteiger charge is 2.22. The fraction of sp³-hybridized carbons (Fsp3) is 0.357. The highest BCUT2D eigenvalue weighted by Crippen LogP contribution is 2.20. The summed E-state index contributed by atoms with van der Waals surface area (Å²) in [6, 6.07) is 22.2. The normalized spacial score (nSPS) is 10.7. The molecule has 4 nitrogen and oxygen atoms in total. The molecule has 1 heterocycles. The SMILES string of the molecule is CCCCN(CC(=O)N(Cc1ccccc1)Cc1sccc1C)C(=O)CCc1ccccc1.